The molecule has 0 aromatic rings. The lowest BCUT2D eigenvalue weighted by Gasteiger charge is -2.16. The van der Waals surface area contributed by atoms with Gasteiger partial charge in [-0.3, -0.25) is 9.59 Å². The van der Waals surface area contributed by atoms with Crippen molar-refractivity contribution in [2.75, 3.05) is 13.2 Å². The van der Waals surface area contributed by atoms with Crippen molar-refractivity contribution >= 4 is 11.8 Å². The fourth-order valence-corrected chi connectivity index (χ4v) is 2.31. The highest BCUT2D eigenvalue weighted by atomic mass is 16.3. The standard InChI is InChI=1S/C13H24N2O3/c1-2-11(7-8-16)15-12(17)9-14-13(18)10-5-3-4-6-10/h10-11,16H,2-9H2,1H3,(H,14,18)(H,15,17). The Morgan fingerprint density at radius 1 is 1.33 bits per heavy atom. The number of rotatable bonds is 7. The van der Waals surface area contributed by atoms with E-state index in [1.54, 1.807) is 0 Å². The Bertz CT molecular complexity index is 275. The minimum atomic E-state index is -0.179. The van der Waals surface area contributed by atoms with Crippen LogP contribution >= 0.6 is 0 Å². The molecule has 1 aliphatic rings. The molecule has 18 heavy (non-hydrogen) atoms. The first-order chi connectivity index (χ1) is 8.67. The van der Waals surface area contributed by atoms with Crippen molar-refractivity contribution in [2.45, 2.75) is 51.5 Å². The Morgan fingerprint density at radius 2 is 2.00 bits per heavy atom. The summed E-state index contributed by atoms with van der Waals surface area (Å²) in [6.07, 6.45) is 5.43. The molecule has 0 heterocycles. The first kappa shape index (κ1) is 15.0. The molecule has 5 heteroatoms. The third kappa shape index (κ3) is 5.04. The molecular formula is C13H24N2O3. The second kappa shape index (κ2) is 8.08. The van der Waals surface area contributed by atoms with E-state index in [0.29, 0.717) is 6.42 Å². The Balaban J connectivity index is 2.21. The third-order valence-electron chi connectivity index (χ3n) is 3.48. The van der Waals surface area contributed by atoms with Crippen molar-refractivity contribution in [3.05, 3.63) is 0 Å². The second-order valence-electron chi connectivity index (χ2n) is 4.88. The van der Waals surface area contributed by atoms with Crippen LogP contribution in [0.2, 0.25) is 0 Å². The summed E-state index contributed by atoms with van der Waals surface area (Å²) in [6, 6.07) is -0.00844. The summed E-state index contributed by atoms with van der Waals surface area (Å²) in [4.78, 5) is 23.3. The Morgan fingerprint density at radius 3 is 2.56 bits per heavy atom. The molecule has 1 atom stereocenters. The van der Waals surface area contributed by atoms with Gasteiger partial charge in [-0.15, -0.1) is 0 Å². The smallest absolute Gasteiger partial charge is 0.239 e. The molecule has 0 radical (unpaired) electrons. The number of carbonyl (C=O) groups excluding carboxylic acids is 2. The Hall–Kier alpha value is -1.10. The number of aliphatic hydroxyl groups is 1. The van der Waals surface area contributed by atoms with Gasteiger partial charge in [-0.1, -0.05) is 19.8 Å². The molecule has 0 saturated heterocycles. The normalized spacial score (nSPS) is 17.4. The molecule has 0 aromatic heterocycles. The van der Waals surface area contributed by atoms with Gasteiger partial charge in [0.2, 0.25) is 11.8 Å². The largest absolute Gasteiger partial charge is 0.396 e. The summed E-state index contributed by atoms with van der Waals surface area (Å²) in [6.45, 7) is 2.06. The molecule has 0 spiro atoms. The molecule has 1 rings (SSSR count). The SMILES string of the molecule is CCC(CCO)NC(=O)CNC(=O)C1CCCC1. The van der Waals surface area contributed by atoms with E-state index in [1.165, 1.54) is 0 Å². The first-order valence-corrected chi connectivity index (χ1v) is 6.85. The Kier molecular flexibility index (Phi) is 6.72. The van der Waals surface area contributed by atoms with Crippen molar-refractivity contribution in [2.24, 2.45) is 5.92 Å². The van der Waals surface area contributed by atoms with Crippen LogP contribution in [0, 0.1) is 5.92 Å². The van der Waals surface area contributed by atoms with Crippen LogP contribution in [0.4, 0.5) is 0 Å². The van der Waals surface area contributed by atoms with Crippen LogP contribution in [0.15, 0.2) is 0 Å². The topological polar surface area (TPSA) is 78.4 Å². The van der Waals surface area contributed by atoms with Crippen molar-refractivity contribution in [3.63, 3.8) is 0 Å². The number of carbonyl (C=O) groups is 2. The van der Waals surface area contributed by atoms with Crippen molar-refractivity contribution < 1.29 is 14.7 Å². The zero-order valence-electron chi connectivity index (χ0n) is 11.1. The molecule has 0 aliphatic heterocycles. The molecule has 2 amide bonds. The van der Waals surface area contributed by atoms with Gasteiger partial charge in [0.1, 0.15) is 0 Å². The highest BCUT2D eigenvalue weighted by Crippen LogP contribution is 2.24. The quantitative estimate of drug-likeness (QED) is 0.623. The summed E-state index contributed by atoms with van der Waals surface area (Å²) < 4.78 is 0. The van der Waals surface area contributed by atoms with Crippen LogP contribution in [0.3, 0.4) is 0 Å². The molecule has 1 unspecified atom stereocenters. The lowest BCUT2D eigenvalue weighted by atomic mass is 10.1. The molecule has 5 nitrogen and oxygen atoms in total. The van der Waals surface area contributed by atoms with Crippen LogP contribution < -0.4 is 10.6 Å². The van der Waals surface area contributed by atoms with Gasteiger partial charge in [0, 0.05) is 18.6 Å². The van der Waals surface area contributed by atoms with Gasteiger partial charge in [-0.2, -0.15) is 0 Å². The summed E-state index contributed by atoms with van der Waals surface area (Å²) in [5, 5.41) is 14.3. The van der Waals surface area contributed by atoms with Crippen molar-refractivity contribution in [3.8, 4) is 0 Å². The fourth-order valence-electron chi connectivity index (χ4n) is 2.31. The van der Waals surface area contributed by atoms with Crippen LogP contribution in [-0.4, -0.2) is 36.1 Å². The average molecular weight is 256 g/mol. The number of aliphatic hydroxyl groups excluding tert-OH is 1. The zero-order chi connectivity index (χ0) is 13.4. The van der Waals surface area contributed by atoms with Gasteiger partial charge in [-0.25, -0.2) is 0 Å². The molecule has 3 N–H and O–H groups in total. The molecule has 1 aliphatic carbocycles. The minimum Gasteiger partial charge on any atom is -0.396 e. The maximum absolute atomic E-state index is 11.7. The Labute approximate surface area is 108 Å². The van der Waals surface area contributed by atoms with Crippen molar-refractivity contribution in [1.29, 1.82) is 0 Å². The highest BCUT2D eigenvalue weighted by molar-refractivity contribution is 5.86. The maximum atomic E-state index is 11.7. The summed E-state index contributed by atoms with van der Waals surface area (Å²) in [5.41, 5.74) is 0. The lowest BCUT2D eigenvalue weighted by molar-refractivity contribution is -0.128. The van der Waals surface area contributed by atoms with E-state index in [2.05, 4.69) is 10.6 Å². The van der Waals surface area contributed by atoms with E-state index in [0.717, 1.165) is 32.1 Å². The van der Waals surface area contributed by atoms with E-state index in [9.17, 15) is 9.59 Å². The van der Waals surface area contributed by atoms with Gasteiger partial charge in [0.15, 0.2) is 0 Å². The zero-order valence-corrected chi connectivity index (χ0v) is 11.1. The molecule has 1 fully saturated rings. The third-order valence-corrected chi connectivity index (χ3v) is 3.48. The number of nitrogens with one attached hydrogen (secondary N) is 2. The van der Waals surface area contributed by atoms with E-state index < -0.39 is 0 Å². The van der Waals surface area contributed by atoms with Gasteiger partial charge in [0.05, 0.1) is 6.54 Å². The van der Waals surface area contributed by atoms with Gasteiger partial charge in [-0.05, 0) is 25.7 Å². The van der Waals surface area contributed by atoms with Crippen LogP contribution in [0.5, 0.6) is 0 Å². The number of hydrogen-bond acceptors (Lipinski definition) is 3. The monoisotopic (exact) mass is 256 g/mol. The van der Waals surface area contributed by atoms with E-state index in [4.69, 9.17) is 5.11 Å². The van der Waals surface area contributed by atoms with E-state index in [-0.39, 0.29) is 36.9 Å². The molecule has 0 bridgehead atoms. The maximum Gasteiger partial charge on any atom is 0.239 e. The summed E-state index contributed by atoms with van der Waals surface area (Å²) in [7, 11) is 0. The predicted octanol–water partition coefficient (Wildman–Crippen LogP) is 0.570. The van der Waals surface area contributed by atoms with Crippen LogP contribution in [0.1, 0.15) is 45.4 Å². The van der Waals surface area contributed by atoms with Gasteiger partial charge < -0.3 is 15.7 Å². The fraction of sp³-hybridized carbons (Fsp3) is 0.846. The average Bonchev–Trinajstić information content (AvgIpc) is 2.89. The first-order valence-electron chi connectivity index (χ1n) is 6.85. The van der Waals surface area contributed by atoms with Crippen LogP contribution in [-0.2, 0) is 9.59 Å². The van der Waals surface area contributed by atoms with Gasteiger partial charge >= 0.3 is 0 Å². The number of hydrogen-bond donors (Lipinski definition) is 3. The summed E-state index contributed by atoms with van der Waals surface area (Å²) >= 11 is 0. The molecule has 0 aromatic carbocycles. The number of amides is 2. The minimum absolute atomic E-state index is 0.00198. The van der Waals surface area contributed by atoms with Gasteiger partial charge in [0.25, 0.3) is 0 Å². The van der Waals surface area contributed by atoms with E-state index >= 15 is 0 Å². The lowest BCUT2D eigenvalue weighted by Crippen LogP contribution is -2.43. The van der Waals surface area contributed by atoms with Crippen molar-refractivity contribution in [1.82, 2.24) is 10.6 Å². The highest BCUT2D eigenvalue weighted by Gasteiger charge is 2.22. The summed E-state index contributed by atoms with van der Waals surface area (Å²) in [5.74, 6) is -0.0864. The van der Waals surface area contributed by atoms with E-state index in [1.807, 2.05) is 6.92 Å². The van der Waals surface area contributed by atoms with Crippen LogP contribution in [0.25, 0.3) is 0 Å². The predicted molar refractivity (Wildman–Crippen MR) is 68.9 cm³/mol. The molecule has 1 saturated carbocycles. The molecule has 104 valence electrons. The molecular weight excluding hydrogens is 232 g/mol. The second-order valence-corrected chi connectivity index (χ2v) is 4.88.